The van der Waals surface area contributed by atoms with Crippen molar-refractivity contribution < 1.29 is 158 Å². The molecule has 0 saturated heterocycles. The van der Waals surface area contributed by atoms with Crippen molar-refractivity contribution in [1.29, 1.82) is 0 Å². The van der Waals surface area contributed by atoms with Crippen LogP contribution in [-0.4, -0.2) is 36.0 Å². The standard InChI is InChI=1S/C6H14N2.4C2H4O2.4Na/c7-5-3-1-2-4-6(5)8;4*1-2(3)4;;;;/h5-6H,1-4,7-8H2;4*1H3,(H,3,4);;;;/q;;;;;4*+1/p-4. The quantitative estimate of drug-likeness (QED) is 0.338. The summed E-state index contributed by atoms with van der Waals surface area (Å²) in [5.74, 6) is -4.33. The fourth-order valence-electron chi connectivity index (χ4n) is 1.19. The summed E-state index contributed by atoms with van der Waals surface area (Å²) in [4.78, 5) is 35.6. The number of hydrogen-bond donors (Lipinski definition) is 2. The maximum absolute atomic E-state index is 8.89. The van der Waals surface area contributed by atoms with Gasteiger partial charge in [-0.25, -0.2) is 0 Å². The molecular formula is C14H26N2Na4O8. The van der Waals surface area contributed by atoms with Crippen LogP contribution in [0.25, 0.3) is 0 Å². The number of carbonyl (C=O) groups is 4. The van der Waals surface area contributed by atoms with Gasteiger partial charge in [-0.3, -0.25) is 0 Å². The number of carboxylic acids is 4. The first-order chi connectivity index (χ1) is 10.7. The van der Waals surface area contributed by atoms with E-state index < -0.39 is 23.9 Å². The minimum Gasteiger partial charge on any atom is -0.550 e. The first-order valence-corrected chi connectivity index (χ1v) is 6.95. The van der Waals surface area contributed by atoms with Gasteiger partial charge >= 0.3 is 118 Å². The molecule has 1 fully saturated rings. The second kappa shape index (κ2) is 39.3. The number of rotatable bonds is 0. The van der Waals surface area contributed by atoms with Gasteiger partial charge in [0.25, 0.3) is 0 Å². The second-order valence-corrected chi connectivity index (χ2v) is 4.58. The van der Waals surface area contributed by atoms with Gasteiger partial charge in [-0.2, -0.15) is 0 Å². The normalized spacial score (nSPS) is 14.9. The van der Waals surface area contributed by atoms with Gasteiger partial charge in [0.1, 0.15) is 0 Å². The molecule has 1 saturated carbocycles. The Kier molecular flexibility index (Phi) is 73.0. The van der Waals surface area contributed by atoms with Crippen LogP contribution in [0.4, 0.5) is 0 Å². The summed E-state index contributed by atoms with van der Waals surface area (Å²) in [6, 6.07) is 0.562. The molecule has 1 aliphatic rings. The Morgan fingerprint density at radius 1 is 0.571 bits per heavy atom. The van der Waals surface area contributed by atoms with Gasteiger partial charge in [0, 0.05) is 36.0 Å². The molecule has 2 unspecified atom stereocenters. The topological polar surface area (TPSA) is 213 Å². The third-order valence-electron chi connectivity index (χ3n) is 1.87. The molecular weight excluding hydrogens is 416 g/mol. The van der Waals surface area contributed by atoms with E-state index in [-0.39, 0.29) is 130 Å². The number of nitrogens with two attached hydrogens (primary N) is 2. The van der Waals surface area contributed by atoms with E-state index in [1.54, 1.807) is 0 Å². The molecule has 0 aromatic heterocycles. The van der Waals surface area contributed by atoms with Gasteiger partial charge in [-0.15, -0.1) is 0 Å². The fourth-order valence-corrected chi connectivity index (χ4v) is 1.19. The Hall–Kier alpha value is 1.80. The summed E-state index contributed by atoms with van der Waals surface area (Å²) in [5.41, 5.74) is 11.3. The molecule has 0 aromatic carbocycles. The van der Waals surface area contributed by atoms with Crippen molar-refractivity contribution in [2.45, 2.75) is 65.5 Å². The summed E-state index contributed by atoms with van der Waals surface area (Å²) in [5, 5.41) is 35.6. The van der Waals surface area contributed by atoms with Gasteiger partial charge in [-0.05, 0) is 40.5 Å². The Labute approximate surface area is 255 Å². The molecule has 0 radical (unpaired) electrons. The maximum Gasteiger partial charge on any atom is 1.00 e. The first-order valence-electron chi connectivity index (χ1n) is 6.95. The largest absolute Gasteiger partial charge is 1.00 e. The van der Waals surface area contributed by atoms with Crippen LogP contribution in [0.5, 0.6) is 0 Å². The van der Waals surface area contributed by atoms with Crippen LogP contribution in [-0.2, 0) is 19.2 Å². The van der Waals surface area contributed by atoms with Crippen molar-refractivity contribution in [1.82, 2.24) is 0 Å². The summed E-state index contributed by atoms with van der Waals surface area (Å²) in [7, 11) is 0. The van der Waals surface area contributed by atoms with Gasteiger partial charge < -0.3 is 51.1 Å². The molecule has 0 heterocycles. The van der Waals surface area contributed by atoms with Crippen molar-refractivity contribution in [2.24, 2.45) is 11.5 Å². The van der Waals surface area contributed by atoms with Crippen LogP contribution >= 0.6 is 0 Å². The average Bonchev–Trinajstić information content (AvgIpc) is 2.30. The van der Waals surface area contributed by atoms with E-state index in [0.717, 1.165) is 40.5 Å². The summed E-state index contributed by atoms with van der Waals surface area (Å²) in [6.07, 6.45) is 4.80. The SMILES string of the molecule is CC(=O)[O-].CC(=O)[O-].CC(=O)[O-].CC(=O)[O-].NC1CCCCC1N.[Na+].[Na+].[Na+].[Na+]. The Balaban J connectivity index is -0.0000000300. The van der Waals surface area contributed by atoms with Crippen molar-refractivity contribution in [2.75, 3.05) is 0 Å². The van der Waals surface area contributed by atoms with Crippen molar-refractivity contribution >= 4 is 23.9 Å². The molecule has 4 N–H and O–H groups in total. The summed E-state index contributed by atoms with van der Waals surface area (Å²) in [6.45, 7) is 3.89. The molecule has 1 aliphatic carbocycles. The molecule has 144 valence electrons. The zero-order valence-electron chi connectivity index (χ0n) is 18.4. The molecule has 28 heavy (non-hydrogen) atoms. The number of carbonyl (C=O) groups excluding carboxylic acids is 4. The molecule has 10 nitrogen and oxygen atoms in total. The number of hydrogen-bond acceptors (Lipinski definition) is 10. The zero-order chi connectivity index (χ0) is 20.3. The second-order valence-electron chi connectivity index (χ2n) is 4.58. The van der Waals surface area contributed by atoms with E-state index in [0.29, 0.717) is 0 Å². The Morgan fingerprint density at radius 3 is 0.750 bits per heavy atom. The van der Waals surface area contributed by atoms with Gasteiger partial charge in [0.2, 0.25) is 0 Å². The van der Waals surface area contributed by atoms with E-state index in [1.807, 2.05) is 0 Å². The Morgan fingerprint density at radius 2 is 0.679 bits per heavy atom. The minimum absolute atomic E-state index is 0. The Bertz CT molecular complexity index is 303. The van der Waals surface area contributed by atoms with Crippen LogP contribution in [0.1, 0.15) is 53.4 Å². The first kappa shape index (κ1) is 52.0. The third kappa shape index (κ3) is 122. The zero-order valence-corrected chi connectivity index (χ0v) is 26.4. The van der Waals surface area contributed by atoms with E-state index in [9.17, 15) is 0 Å². The third-order valence-corrected chi connectivity index (χ3v) is 1.87. The molecule has 0 spiro atoms. The van der Waals surface area contributed by atoms with Crippen LogP contribution < -0.4 is 150 Å². The molecule has 2 atom stereocenters. The maximum atomic E-state index is 8.89. The predicted molar refractivity (Wildman–Crippen MR) is 77.1 cm³/mol. The molecule has 0 aromatic rings. The fraction of sp³-hybridized carbons (Fsp3) is 0.714. The van der Waals surface area contributed by atoms with Crippen LogP contribution in [0.15, 0.2) is 0 Å². The van der Waals surface area contributed by atoms with Gasteiger partial charge in [-0.1, -0.05) is 12.8 Å². The van der Waals surface area contributed by atoms with Gasteiger partial charge in [0.05, 0.1) is 0 Å². The average molecular weight is 442 g/mol. The van der Waals surface area contributed by atoms with Crippen LogP contribution in [0.2, 0.25) is 0 Å². The van der Waals surface area contributed by atoms with Crippen LogP contribution in [0.3, 0.4) is 0 Å². The molecule has 14 heteroatoms. The smallest absolute Gasteiger partial charge is 0.550 e. The summed E-state index contributed by atoms with van der Waals surface area (Å²) >= 11 is 0. The number of carboxylic acid groups (broad SMARTS) is 4. The van der Waals surface area contributed by atoms with Crippen molar-refractivity contribution in [3.05, 3.63) is 0 Å². The molecule has 0 amide bonds. The molecule has 0 aliphatic heterocycles. The van der Waals surface area contributed by atoms with E-state index in [4.69, 9.17) is 51.1 Å². The minimum atomic E-state index is -1.08. The molecule has 1 rings (SSSR count). The van der Waals surface area contributed by atoms with E-state index in [2.05, 4.69) is 0 Å². The van der Waals surface area contributed by atoms with Crippen molar-refractivity contribution in [3.8, 4) is 0 Å². The van der Waals surface area contributed by atoms with Crippen molar-refractivity contribution in [3.63, 3.8) is 0 Å². The molecule has 0 bridgehead atoms. The monoisotopic (exact) mass is 442 g/mol. The van der Waals surface area contributed by atoms with Crippen LogP contribution in [0, 0.1) is 0 Å². The van der Waals surface area contributed by atoms with E-state index in [1.165, 1.54) is 12.8 Å². The summed E-state index contributed by atoms with van der Waals surface area (Å²) < 4.78 is 0. The van der Waals surface area contributed by atoms with Gasteiger partial charge in [0.15, 0.2) is 0 Å². The van der Waals surface area contributed by atoms with E-state index >= 15 is 0 Å². The predicted octanol–water partition coefficient (Wildman–Crippen LogP) is -16.7. The number of aliphatic carboxylic acids is 4.